The van der Waals surface area contributed by atoms with Crippen LogP contribution in [0.15, 0.2) is 30.5 Å². The van der Waals surface area contributed by atoms with Gasteiger partial charge in [-0.15, -0.1) is 0 Å². The number of piperidine rings is 1. The molecule has 138 valence electrons. The molecule has 26 heavy (non-hydrogen) atoms. The molecule has 1 aliphatic carbocycles. The number of benzene rings is 1. The molecule has 2 aromatic rings. The van der Waals surface area contributed by atoms with Crippen molar-refractivity contribution in [2.75, 3.05) is 19.7 Å². The van der Waals surface area contributed by atoms with Crippen LogP contribution in [0.25, 0.3) is 11.3 Å². The summed E-state index contributed by atoms with van der Waals surface area (Å²) in [7, 11) is 0. The minimum Gasteiger partial charge on any atom is -0.396 e. The lowest BCUT2D eigenvalue weighted by Gasteiger charge is -2.42. The lowest BCUT2D eigenvalue weighted by molar-refractivity contribution is 0.0196. The summed E-state index contributed by atoms with van der Waals surface area (Å²) in [6.45, 7) is 1.38. The Morgan fingerprint density at radius 1 is 1.42 bits per heavy atom. The SMILES string of the molecule is O=C(c1cn[nH]c1-c1cccc(F)c1)N1CCC[C@@](CO)(CC2CC2)C1. The van der Waals surface area contributed by atoms with Crippen LogP contribution < -0.4 is 0 Å². The third-order valence-corrected chi connectivity index (χ3v) is 5.69. The Labute approximate surface area is 152 Å². The van der Waals surface area contributed by atoms with Gasteiger partial charge in [-0.1, -0.05) is 25.0 Å². The molecular formula is C20H24FN3O2. The first-order chi connectivity index (χ1) is 12.6. The molecule has 1 amide bonds. The zero-order chi connectivity index (χ0) is 18.1. The highest BCUT2D eigenvalue weighted by molar-refractivity contribution is 5.99. The van der Waals surface area contributed by atoms with Crippen LogP contribution in [0.3, 0.4) is 0 Å². The molecule has 1 aromatic carbocycles. The highest BCUT2D eigenvalue weighted by atomic mass is 19.1. The van der Waals surface area contributed by atoms with Gasteiger partial charge in [-0.2, -0.15) is 5.10 Å². The third kappa shape index (κ3) is 3.38. The highest BCUT2D eigenvalue weighted by Crippen LogP contribution is 2.44. The molecule has 1 aliphatic heterocycles. The molecule has 0 spiro atoms. The van der Waals surface area contributed by atoms with Gasteiger partial charge < -0.3 is 10.0 Å². The van der Waals surface area contributed by atoms with Crippen molar-refractivity contribution < 1.29 is 14.3 Å². The Kier molecular flexibility index (Phi) is 4.53. The van der Waals surface area contributed by atoms with Crippen molar-refractivity contribution in [3.05, 3.63) is 41.8 Å². The second-order valence-corrected chi connectivity index (χ2v) is 7.80. The van der Waals surface area contributed by atoms with Crippen LogP contribution in [0.4, 0.5) is 4.39 Å². The maximum absolute atomic E-state index is 13.6. The molecule has 5 nitrogen and oxygen atoms in total. The lowest BCUT2D eigenvalue weighted by Crippen LogP contribution is -2.48. The number of nitrogens with one attached hydrogen (secondary N) is 1. The molecule has 2 heterocycles. The maximum atomic E-state index is 13.6. The van der Waals surface area contributed by atoms with Crippen LogP contribution >= 0.6 is 0 Å². The number of hydrogen-bond donors (Lipinski definition) is 2. The standard InChI is InChI=1S/C20H24FN3O2/c21-16-4-1-3-15(9-16)18-17(11-22-23-18)19(26)24-8-2-7-20(12-24,13-25)10-14-5-6-14/h1,3-4,9,11,14,25H,2,5-8,10,12-13H2,(H,22,23)/t20-/m1/s1. The number of likely N-dealkylation sites (tertiary alicyclic amines) is 1. The second-order valence-electron chi connectivity index (χ2n) is 7.80. The van der Waals surface area contributed by atoms with Gasteiger partial charge in [0, 0.05) is 24.1 Å². The van der Waals surface area contributed by atoms with Crippen LogP contribution in [0.2, 0.25) is 0 Å². The topological polar surface area (TPSA) is 69.2 Å². The molecule has 2 N–H and O–H groups in total. The molecule has 1 atom stereocenters. The number of aliphatic hydroxyl groups is 1. The van der Waals surface area contributed by atoms with Gasteiger partial charge in [-0.25, -0.2) is 4.39 Å². The molecule has 2 fully saturated rings. The van der Waals surface area contributed by atoms with Crippen molar-refractivity contribution in [2.24, 2.45) is 11.3 Å². The molecule has 0 unspecified atom stereocenters. The number of rotatable bonds is 5. The van der Waals surface area contributed by atoms with Gasteiger partial charge in [0.15, 0.2) is 0 Å². The minimum atomic E-state index is -0.350. The van der Waals surface area contributed by atoms with E-state index in [1.165, 1.54) is 31.2 Å². The molecule has 1 saturated heterocycles. The first kappa shape index (κ1) is 17.2. The van der Waals surface area contributed by atoms with Gasteiger partial charge >= 0.3 is 0 Å². The number of H-pyrrole nitrogens is 1. The van der Waals surface area contributed by atoms with E-state index in [9.17, 15) is 14.3 Å². The van der Waals surface area contributed by atoms with Gasteiger partial charge in [0.25, 0.3) is 5.91 Å². The summed E-state index contributed by atoms with van der Waals surface area (Å²) < 4.78 is 13.6. The van der Waals surface area contributed by atoms with E-state index in [0.29, 0.717) is 35.8 Å². The summed E-state index contributed by atoms with van der Waals surface area (Å²) in [5.74, 6) is 0.248. The van der Waals surface area contributed by atoms with Gasteiger partial charge in [0.05, 0.1) is 24.1 Å². The van der Waals surface area contributed by atoms with E-state index >= 15 is 0 Å². The van der Waals surface area contributed by atoms with Gasteiger partial charge in [0.1, 0.15) is 5.82 Å². The number of carbonyl (C=O) groups is 1. The van der Waals surface area contributed by atoms with E-state index in [-0.39, 0.29) is 23.7 Å². The van der Waals surface area contributed by atoms with Crippen molar-refractivity contribution in [2.45, 2.75) is 32.1 Å². The molecule has 1 aromatic heterocycles. The Morgan fingerprint density at radius 3 is 3.00 bits per heavy atom. The average molecular weight is 357 g/mol. The summed E-state index contributed by atoms with van der Waals surface area (Å²) in [5, 5.41) is 16.9. The predicted molar refractivity (Wildman–Crippen MR) is 96.0 cm³/mol. The van der Waals surface area contributed by atoms with Crippen LogP contribution in [-0.2, 0) is 0 Å². The number of hydrogen-bond acceptors (Lipinski definition) is 3. The van der Waals surface area contributed by atoms with Crippen LogP contribution in [0.1, 0.15) is 42.5 Å². The van der Waals surface area contributed by atoms with Crippen molar-refractivity contribution in [3.63, 3.8) is 0 Å². The Bertz CT molecular complexity index is 802. The summed E-state index contributed by atoms with van der Waals surface area (Å²) in [5.41, 5.74) is 1.42. The number of aromatic nitrogens is 2. The molecule has 2 aliphatic rings. The van der Waals surface area contributed by atoms with E-state index in [4.69, 9.17) is 0 Å². The number of carbonyl (C=O) groups excluding carboxylic acids is 1. The van der Waals surface area contributed by atoms with E-state index in [2.05, 4.69) is 10.2 Å². The molecule has 4 rings (SSSR count). The Hall–Kier alpha value is -2.21. The third-order valence-electron chi connectivity index (χ3n) is 5.69. The highest BCUT2D eigenvalue weighted by Gasteiger charge is 2.41. The fourth-order valence-corrected chi connectivity index (χ4v) is 4.16. The van der Waals surface area contributed by atoms with Crippen LogP contribution in [0.5, 0.6) is 0 Å². The molecule has 0 bridgehead atoms. The fraction of sp³-hybridized carbons (Fsp3) is 0.500. The van der Waals surface area contributed by atoms with E-state index in [1.807, 2.05) is 4.90 Å². The second kappa shape index (κ2) is 6.83. The van der Waals surface area contributed by atoms with E-state index < -0.39 is 0 Å². The zero-order valence-electron chi connectivity index (χ0n) is 14.7. The molecular weight excluding hydrogens is 333 g/mol. The Balaban J connectivity index is 1.57. The molecule has 1 saturated carbocycles. The quantitative estimate of drug-likeness (QED) is 0.863. The number of nitrogens with zero attached hydrogens (tertiary/aromatic N) is 2. The van der Waals surface area contributed by atoms with Gasteiger partial charge in [-0.3, -0.25) is 9.89 Å². The number of aromatic amines is 1. The van der Waals surface area contributed by atoms with E-state index in [1.54, 1.807) is 12.1 Å². The fourth-order valence-electron chi connectivity index (χ4n) is 4.16. The molecule has 0 radical (unpaired) electrons. The number of amides is 1. The van der Waals surface area contributed by atoms with Gasteiger partial charge in [-0.05, 0) is 37.3 Å². The zero-order valence-corrected chi connectivity index (χ0v) is 14.7. The summed E-state index contributed by atoms with van der Waals surface area (Å²) >= 11 is 0. The Morgan fingerprint density at radius 2 is 2.27 bits per heavy atom. The smallest absolute Gasteiger partial charge is 0.257 e. The van der Waals surface area contributed by atoms with Gasteiger partial charge in [0.2, 0.25) is 0 Å². The van der Waals surface area contributed by atoms with E-state index in [0.717, 1.165) is 19.3 Å². The first-order valence-corrected chi connectivity index (χ1v) is 9.30. The average Bonchev–Trinajstić information content (AvgIpc) is 3.32. The van der Waals surface area contributed by atoms with Crippen LogP contribution in [0, 0.1) is 17.2 Å². The first-order valence-electron chi connectivity index (χ1n) is 9.30. The minimum absolute atomic E-state index is 0.105. The monoisotopic (exact) mass is 357 g/mol. The van der Waals surface area contributed by atoms with Crippen molar-refractivity contribution in [1.29, 1.82) is 0 Å². The van der Waals surface area contributed by atoms with Crippen molar-refractivity contribution in [3.8, 4) is 11.3 Å². The largest absolute Gasteiger partial charge is 0.396 e. The summed E-state index contributed by atoms with van der Waals surface area (Å²) in [6, 6.07) is 6.15. The maximum Gasteiger partial charge on any atom is 0.257 e. The normalized spacial score (nSPS) is 23.2. The predicted octanol–water partition coefficient (Wildman–Crippen LogP) is 3.23. The summed E-state index contributed by atoms with van der Waals surface area (Å²) in [4.78, 5) is 15.0. The number of aliphatic hydroxyl groups excluding tert-OH is 1. The van der Waals surface area contributed by atoms with Crippen molar-refractivity contribution in [1.82, 2.24) is 15.1 Å². The number of halogens is 1. The summed E-state index contributed by atoms with van der Waals surface area (Å²) in [6.07, 6.45) is 6.84. The molecule has 6 heteroatoms. The van der Waals surface area contributed by atoms with Crippen molar-refractivity contribution >= 4 is 5.91 Å². The van der Waals surface area contributed by atoms with Crippen LogP contribution in [-0.4, -0.2) is 45.8 Å². The lowest BCUT2D eigenvalue weighted by atomic mass is 9.76.